The van der Waals surface area contributed by atoms with Gasteiger partial charge in [0.05, 0.1) is 24.8 Å². The normalized spacial score (nSPS) is 11.1. The van der Waals surface area contributed by atoms with E-state index < -0.39 is 0 Å². The Morgan fingerprint density at radius 1 is 1.22 bits per heavy atom. The summed E-state index contributed by atoms with van der Waals surface area (Å²) in [6, 6.07) is 11.8. The van der Waals surface area contributed by atoms with Gasteiger partial charge in [0.25, 0.3) is 0 Å². The third-order valence-corrected chi connectivity index (χ3v) is 4.51. The number of ether oxygens (including phenoxy) is 2. The van der Waals surface area contributed by atoms with Gasteiger partial charge in [0.2, 0.25) is 0 Å². The fourth-order valence-electron chi connectivity index (χ4n) is 3.00. The highest BCUT2D eigenvalue weighted by atomic mass is 35.5. The number of imidazole rings is 1. The Morgan fingerprint density at radius 3 is 2.85 bits per heavy atom. The van der Waals surface area contributed by atoms with E-state index in [0.29, 0.717) is 23.9 Å². The number of aryl methyl sites for hydroxylation is 1. The molecule has 144 valence electrons. The zero-order chi connectivity index (χ0) is 19.1. The molecule has 1 heterocycles. The van der Waals surface area contributed by atoms with Crippen molar-refractivity contribution in [3.63, 3.8) is 0 Å². The molecule has 27 heavy (non-hydrogen) atoms. The van der Waals surface area contributed by atoms with E-state index in [-0.39, 0.29) is 0 Å². The van der Waals surface area contributed by atoms with Crippen LogP contribution in [0, 0.1) is 0 Å². The van der Waals surface area contributed by atoms with Crippen LogP contribution in [-0.2, 0) is 13.0 Å². The number of fused-ring (bicyclic) bond motifs is 1. The smallest absolute Gasteiger partial charge is 0.165 e. The first-order chi connectivity index (χ1) is 13.2. The largest absolute Gasteiger partial charge is 0.493 e. The number of benzene rings is 2. The first kappa shape index (κ1) is 19.5. The molecule has 0 aliphatic rings. The van der Waals surface area contributed by atoms with Crippen LogP contribution in [0.5, 0.6) is 11.5 Å². The van der Waals surface area contributed by atoms with Gasteiger partial charge < -0.3 is 19.8 Å². The first-order valence-corrected chi connectivity index (χ1v) is 9.72. The van der Waals surface area contributed by atoms with Crippen molar-refractivity contribution in [3.8, 4) is 11.5 Å². The summed E-state index contributed by atoms with van der Waals surface area (Å²) in [7, 11) is 1.63. The predicted octanol–water partition coefficient (Wildman–Crippen LogP) is 4.74. The molecule has 1 aromatic heterocycles. The van der Waals surface area contributed by atoms with Crippen molar-refractivity contribution in [2.45, 2.75) is 32.7 Å². The van der Waals surface area contributed by atoms with Crippen LogP contribution in [0.15, 0.2) is 36.4 Å². The number of rotatable bonds is 10. The number of hydrogen-bond donors (Lipinski definition) is 2. The lowest BCUT2D eigenvalue weighted by molar-refractivity contribution is 0.290. The van der Waals surface area contributed by atoms with E-state index in [0.717, 1.165) is 54.0 Å². The van der Waals surface area contributed by atoms with Crippen LogP contribution in [0.3, 0.4) is 0 Å². The van der Waals surface area contributed by atoms with Gasteiger partial charge in [-0.3, -0.25) is 0 Å². The van der Waals surface area contributed by atoms with Gasteiger partial charge in [0.1, 0.15) is 5.82 Å². The van der Waals surface area contributed by atoms with E-state index in [4.69, 9.17) is 21.1 Å². The summed E-state index contributed by atoms with van der Waals surface area (Å²) in [5.41, 5.74) is 3.12. The summed E-state index contributed by atoms with van der Waals surface area (Å²) in [5, 5.41) is 4.11. The number of methoxy groups -OCH3 is 1. The number of halogens is 1. The van der Waals surface area contributed by atoms with Crippen LogP contribution in [0.2, 0.25) is 5.02 Å². The minimum atomic E-state index is 0.648. The van der Waals surface area contributed by atoms with Gasteiger partial charge in [-0.1, -0.05) is 30.7 Å². The molecule has 0 atom stereocenters. The molecular formula is C21H26ClN3O2. The molecule has 0 radical (unpaired) electrons. The number of nitrogens with zero attached hydrogens (tertiary/aromatic N) is 1. The van der Waals surface area contributed by atoms with Crippen molar-refractivity contribution >= 4 is 22.6 Å². The van der Waals surface area contributed by atoms with Crippen molar-refractivity contribution in [1.82, 2.24) is 15.3 Å². The number of H-pyrrole nitrogens is 1. The molecule has 0 spiro atoms. The third-order valence-electron chi connectivity index (χ3n) is 4.29. The highest BCUT2D eigenvalue weighted by molar-refractivity contribution is 6.30. The van der Waals surface area contributed by atoms with E-state index in [1.165, 1.54) is 0 Å². The Bertz CT molecular complexity index is 846. The Kier molecular flexibility index (Phi) is 6.96. The van der Waals surface area contributed by atoms with Gasteiger partial charge in [-0.05, 0) is 37.6 Å². The molecule has 2 N–H and O–H groups in total. The molecular weight excluding hydrogens is 362 g/mol. The molecule has 3 aromatic rings. The molecule has 0 amide bonds. The SMILES string of the molecule is CCCOc1c(CNCCCc2nc3ccccc3[nH]2)cc(Cl)cc1OC. The van der Waals surface area contributed by atoms with Crippen molar-refractivity contribution in [2.75, 3.05) is 20.3 Å². The topological polar surface area (TPSA) is 59.2 Å². The Labute approximate surface area is 165 Å². The summed E-state index contributed by atoms with van der Waals surface area (Å²) < 4.78 is 11.3. The molecule has 0 bridgehead atoms. The Hall–Kier alpha value is -2.24. The molecule has 6 heteroatoms. The second kappa shape index (κ2) is 9.62. The zero-order valence-electron chi connectivity index (χ0n) is 15.8. The molecule has 5 nitrogen and oxygen atoms in total. The molecule has 0 aliphatic carbocycles. The highest BCUT2D eigenvalue weighted by Gasteiger charge is 2.12. The predicted molar refractivity (Wildman–Crippen MR) is 110 cm³/mol. The van der Waals surface area contributed by atoms with Gasteiger partial charge in [0.15, 0.2) is 11.5 Å². The minimum Gasteiger partial charge on any atom is -0.493 e. The fourth-order valence-corrected chi connectivity index (χ4v) is 3.23. The Balaban J connectivity index is 1.54. The molecule has 0 aliphatic heterocycles. The molecule has 0 unspecified atom stereocenters. The average Bonchev–Trinajstić information content (AvgIpc) is 3.09. The van der Waals surface area contributed by atoms with Crippen LogP contribution in [-0.4, -0.2) is 30.2 Å². The van der Waals surface area contributed by atoms with Gasteiger partial charge in [0, 0.05) is 29.6 Å². The molecule has 0 saturated heterocycles. The van der Waals surface area contributed by atoms with Gasteiger partial charge in [-0.15, -0.1) is 0 Å². The quantitative estimate of drug-likeness (QED) is 0.493. The van der Waals surface area contributed by atoms with Gasteiger partial charge in [-0.2, -0.15) is 0 Å². The second-order valence-electron chi connectivity index (χ2n) is 6.43. The van der Waals surface area contributed by atoms with Gasteiger partial charge in [-0.25, -0.2) is 4.98 Å². The standard InChI is InChI=1S/C21H26ClN3O2/c1-3-11-27-21-15(12-16(22)13-19(21)26-2)14-23-10-6-9-20-24-17-7-4-5-8-18(17)25-20/h4-5,7-8,12-13,23H,3,6,9-11,14H2,1-2H3,(H,24,25). The minimum absolute atomic E-state index is 0.648. The number of para-hydroxylation sites is 2. The van der Waals surface area contributed by atoms with Crippen molar-refractivity contribution < 1.29 is 9.47 Å². The lowest BCUT2D eigenvalue weighted by atomic mass is 10.1. The maximum absolute atomic E-state index is 6.22. The van der Waals surface area contributed by atoms with E-state index >= 15 is 0 Å². The van der Waals surface area contributed by atoms with Crippen LogP contribution in [0.25, 0.3) is 11.0 Å². The monoisotopic (exact) mass is 387 g/mol. The summed E-state index contributed by atoms with van der Waals surface area (Å²) in [6.07, 6.45) is 2.83. The molecule has 0 fully saturated rings. The summed E-state index contributed by atoms with van der Waals surface area (Å²) in [5.74, 6) is 2.47. The van der Waals surface area contributed by atoms with Crippen molar-refractivity contribution in [2.24, 2.45) is 0 Å². The number of aromatic amines is 1. The van der Waals surface area contributed by atoms with Crippen molar-refractivity contribution in [1.29, 1.82) is 0 Å². The van der Waals surface area contributed by atoms with E-state index in [9.17, 15) is 0 Å². The van der Waals surface area contributed by atoms with E-state index in [2.05, 4.69) is 28.3 Å². The van der Waals surface area contributed by atoms with Crippen LogP contribution in [0.4, 0.5) is 0 Å². The van der Waals surface area contributed by atoms with Crippen LogP contribution in [0.1, 0.15) is 31.2 Å². The zero-order valence-corrected chi connectivity index (χ0v) is 16.6. The molecule has 0 saturated carbocycles. The average molecular weight is 388 g/mol. The van der Waals surface area contributed by atoms with Gasteiger partial charge >= 0.3 is 0 Å². The maximum atomic E-state index is 6.22. The lowest BCUT2D eigenvalue weighted by Crippen LogP contribution is -2.16. The second-order valence-corrected chi connectivity index (χ2v) is 6.86. The lowest BCUT2D eigenvalue weighted by Gasteiger charge is -2.16. The van der Waals surface area contributed by atoms with E-state index in [1.807, 2.05) is 24.3 Å². The highest BCUT2D eigenvalue weighted by Crippen LogP contribution is 2.34. The summed E-state index contributed by atoms with van der Waals surface area (Å²) >= 11 is 6.22. The summed E-state index contributed by atoms with van der Waals surface area (Å²) in [4.78, 5) is 7.98. The van der Waals surface area contributed by atoms with Crippen molar-refractivity contribution in [3.05, 3.63) is 52.8 Å². The first-order valence-electron chi connectivity index (χ1n) is 9.34. The van der Waals surface area contributed by atoms with E-state index in [1.54, 1.807) is 13.2 Å². The fraction of sp³-hybridized carbons (Fsp3) is 0.381. The molecule has 2 aromatic carbocycles. The number of hydrogen-bond acceptors (Lipinski definition) is 4. The van der Waals surface area contributed by atoms with Crippen LogP contribution < -0.4 is 14.8 Å². The summed E-state index contributed by atoms with van der Waals surface area (Å²) in [6.45, 7) is 4.28. The van der Waals surface area contributed by atoms with Crippen LogP contribution >= 0.6 is 11.6 Å². The third kappa shape index (κ3) is 5.15. The Morgan fingerprint density at radius 2 is 2.07 bits per heavy atom. The number of aromatic nitrogens is 2. The molecule has 3 rings (SSSR count). The maximum Gasteiger partial charge on any atom is 0.165 e. The number of nitrogens with one attached hydrogen (secondary N) is 2.